The molecule has 2 nitrogen and oxygen atoms in total. The van der Waals surface area contributed by atoms with Crippen molar-refractivity contribution in [1.82, 2.24) is 0 Å². The molecule has 0 bridgehead atoms. The Bertz CT molecular complexity index is 585. The quantitative estimate of drug-likeness (QED) is 0.769. The van der Waals surface area contributed by atoms with Gasteiger partial charge in [0.2, 0.25) is 0 Å². The first-order valence-corrected chi connectivity index (χ1v) is 6.98. The highest BCUT2D eigenvalue weighted by Crippen LogP contribution is 2.16. The summed E-state index contributed by atoms with van der Waals surface area (Å²) in [5.74, 6) is 0.165. The summed E-state index contributed by atoms with van der Waals surface area (Å²) >= 11 is 0. The lowest BCUT2D eigenvalue weighted by Crippen LogP contribution is -2.10. The molecule has 2 rings (SSSR count). The van der Waals surface area contributed by atoms with E-state index >= 15 is 0 Å². The Morgan fingerprint density at radius 2 is 1.65 bits per heavy atom. The predicted molar refractivity (Wildman–Crippen MR) is 84.6 cm³/mol. The number of ketones is 1. The minimum Gasteiger partial charge on any atom is -0.378 e. The van der Waals surface area contributed by atoms with E-state index in [-0.39, 0.29) is 5.78 Å². The Hall–Kier alpha value is -2.09. The number of nitrogens with zero attached hydrogens (tertiary/aromatic N) is 1. The molecule has 0 spiro atoms. The first-order valence-electron chi connectivity index (χ1n) is 6.98. The van der Waals surface area contributed by atoms with E-state index in [0.29, 0.717) is 6.42 Å². The van der Waals surface area contributed by atoms with Crippen LogP contribution in [0.5, 0.6) is 0 Å². The lowest BCUT2D eigenvalue weighted by Gasteiger charge is -2.13. The van der Waals surface area contributed by atoms with Gasteiger partial charge in [-0.05, 0) is 29.7 Å². The Balaban J connectivity index is 2.12. The largest absolute Gasteiger partial charge is 0.378 e. The summed E-state index contributed by atoms with van der Waals surface area (Å²) in [6.45, 7) is 2.13. The molecule has 0 N–H and O–H groups in total. The van der Waals surface area contributed by atoms with Crippen LogP contribution in [0.15, 0.2) is 48.5 Å². The molecule has 0 aromatic heterocycles. The van der Waals surface area contributed by atoms with Crippen molar-refractivity contribution >= 4 is 11.5 Å². The summed E-state index contributed by atoms with van der Waals surface area (Å²) in [7, 11) is 3.96. The van der Waals surface area contributed by atoms with Crippen LogP contribution in [0.2, 0.25) is 0 Å². The summed E-state index contributed by atoms with van der Waals surface area (Å²) < 4.78 is 0. The van der Waals surface area contributed by atoms with Crippen LogP contribution in [0.3, 0.4) is 0 Å². The smallest absolute Gasteiger partial charge is 0.167 e. The van der Waals surface area contributed by atoms with Crippen molar-refractivity contribution in [3.63, 3.8) is 0 Å². The summed E-state index contributed by atoms with van der Waals surface area (Å²) in [6, 6.07) is 16.1. The van der Waals surface area contributed by atoms with Crippen LogP contribution in [0, 0.1) is 0 Å². The second kappa shape index (κ2) is 6.38. The van der Waals surface area contributed by atoms with Gasteiger partial charge in [0, 0.05) is 31.8 Å². The third-order valence-electron chi connectivity index (χ3n) is 3.48. The highest BCUT2D eigenvalue weighted by atomic mass is 16.1. The Morgan fingerprint density at radius 3 is 2.25 bits per heavy atom. The molecule has 2 aromatic rings. The van der Waals surface area contributed by atoms with Crippen molar-refractivity contribution in [3.8, 4) is 0 Å². The molecule has 0 aliphatic carbocycles. The minimum absolute atomic E-state index is 0.165. The van der Waals surface area contributed by atoms with E-state index in [1.165, 1.54) is 5.56 Å². The molecule has 0 aliphatic rings. The molecule has 0 saturated carbocycles. The van der Waals surface area contributed by atoms with Gasteiger partial charge in [0.25, 0.3) is 0 Å². The lowest BCUT2D eigenvalue weighted by atomic mass is 10.0. The van der Waals surface area contributed by atoms with Crippen LogP contribution < -0.4 is 4.90 Å². The number of carbonyl (C=O) groups excluding carboxylic acids is 1. The normalized spacial score (nSPS) is 10.3. The summed E-state index contributed by atoms with van der Waals surface area (Å²) in [4.78, 5) is 14.3. The fraction of sp³-hybridized carbons (Fsp3) is 0.278. The Labute approximate surface area is 121 Å². The first kappa shape index (κ1) is 14.3. The van der Waals surface area contributed by atoms with Crippen LogP contribution >= 0.6 is 0 Å². The van der Waals surface area contributed by atoms with Gasteiger partial charge in [-0.2, -0.15) is 0 Å². The second-order valence-corrected chi connectivity index (χ2v) is 5.21. The maximum atomic E-state index is 12.3. The summed E-state index contributed by atoms with van der Waals surface area (Å²) in [5.41, 5.74) is 4.20. The van der Waals surface area contributed by atoms with Crippen molar-refractivity contribution in [2.45, 2.75) is 19.8 Å². The lowest BCUT2D eigenvalue weighted by molar-refractivity contribution is 0.0993. The molecule has 0 fully saturated rings. The molecule has 2 heteroatoms. The average molecular weight is 267 g/mol. The van der Waals surface area contributed by atoms with Crippen LogP contribution in [-0.4, -0.2) is 19.9 Å². The maximum Gasteiger partial charge on any atom is 0.167 e. The molecular formula is C18H21NO. The zero-order valence-electron chi connectivity index (χ0n) is 12.4. The third-order valence-corrected chi connectivity index (χ3v) is 3.48. The molecule has 0 aliphatic heterocycles. The van der Waals surface area contributed by atoms with Crippen molar-refractivity contribution in [3.05, 3.63) is 65.2 Å². The van der Waals surface area contributed by atoms with Crippen molar-refractivity contribution < 1.29 is 4.79 Å². The van der Waals surface area contributed by atoms with Gasteiger partial charge >= 0.3 is 0 Å². The van der Waals surface area contributed by atoms with E-state index < -0.39 is 0 Å². The second-order valence-electron chi connectivity index (χ2n) is 5.21. The molecule has 0 atom stereocenters. The number of aryl methyl sites for hydroxylation is 1. The Morgan fingerprint density at radius 1 is 1.00 bits per heavy atom. The molecule has 0 heterocycles. The van der Waals surface area contributed by atoms with E-state index in [1.807, 2.05) is 55.4 Å². The van der Waals surface area contributed by atoms with E-state index in [0.717, 1.165) is 23.2 Å². The van der Waals surface area contributed by atoms with Gasteiger partial charge < -0.3 is 4.90 Å². The SMILES string of the molecule is CCc1ccc(CC(=O)c2cccc(N(C)C)c2)cc1. The first-order chi connectivity index (χ1) is 9.60. The van der Waals surface area contributed by atoms with Gasteiger partial charge in [0.1, 0.15) is 0 Å². The maximum absolute atomic E-state index is 12.3. The van der Waals surface area contributed by atoms with Crippen LogP contribution in [0.4, 0.5) is 5.69 Å². The number of hydrogen-bond donors (Lipinski definition) is 0. The number of carbonyl (C=O) groups is 1. The van der Waals surface area contributed by atoms with Crippen molar-refractivity contribution in [1.29, 1.82) is 0 Å². The number of hydrogen-bond acceptors (Lipinski definition) is 2. The number of benzene rings is 2. The van der Waals surface area contributed by atoms with Gasteiger partial charge in [0.05, 0.1) is 0 Å². The van der Waals surface area contributed by atoms with E-state index in [4.69, 9.17) is 0 Å². The molecule has 0 amide bonds. The summed E-state index contributed by atoms with van der Waals surface area (Å²) in [5, 5.41) is 0. The van der Waals surface area contributed by atoms with Gasteiger partial charge in [-0.25, -0.2) is 0 Å². The minimum atomic E-state index is 0.165. The van der Waals surface area contributed by atoms with E-state index in [9.17, 15) is 4.79 Å². The molecule has 0 saturated heterocycles. The van der Waals surface area contributed by atoms with E-state index in [1.54, 1.807) is 0 Å². The average Bonchev–Trinajstić information content (AvgIpc) is 2.48. The fourth-order valence-electron chi connectivity index (χ4n) is 2.14. The topological polar surface area (TPSA) is 20.3 Å². The highest BCUT2D eigenvalue weighted by Gasteiger charge is 2.08. The van der Waals surface area contributed by atoms with Crippen LogP contribution in [0.25, 0.3) is 0 Å². The Kier molecular flexibility index (Phi) is 4.57. The number of rotatable bonds is 5. The van der Waals surface area contributed by atoms with Gasteiger partial charge in [-0.15, -0.1) is 0 Å². The molecule has 20 heavy (non-hydrogen) atoms. The molecule has 2 aromatic carbocycles. The van der Waals surface area contributed by atoms with Crippen molar-refractivity contribution in [2.24, 2.45) is 0 Å². The van der Waals surface area contributed by atoms with Gasteiger partial charge in [0.15, 0.2) is 5.78 Å². The van der Waals surface area contributed by atoms with Crippen LogP contribution in [-0.2, 0) is 12.8 Å². The molecule has 0 unspecified atom stereocenters. The molecule has 0 radical (unpaired) electrons. The standard InChI is InChI=1S/C18H21NO/c1-4-14-8-10-15(11-9-14)12-18(20)16-6-5-7-17(13-16)19(2)3/h5-11,13H,4,12H2,1-3H3. The zero-order valence-corrected chi connectivity index (χ0v) is 12.4. The van der Waals surface area contributed by atoms with Crippen molar-refractivity contribution in [2.75, 3.05) is 19.0 Å². The summed E-state index contributed by atoms with van der Waals surface area (Å²) in [6.07, 6.45) is 1.49. The predicted octanol–water partition coefficient (Wildman–Crippen LogP) is 3.74. The van der Waals surface area contributed by atoms with E-state index in [2.05, 4.69) is 19.1 Å². The highest BCUT2D eigenvalue weighted by molar-refractivity contribution is 5.98. The van der Waals surface area contributed by atoms with Gasteiger partial charge in [-0.3, -0.25) is 4.79 Å². The number of Topliss-reactive ketones (excluding diaryl/α,β-unsaturated/α-hetero) is 1. The molecule has 104 valence electrons. The monoisotopic (exact) mass is 267 g/mol. The number of anilines is 1. The fourth-order valence-corrected chi connectivity index (χ4v) is 2.14. The van der Waals surface area contributed by atoms with Crippen LogP contribution in [0.1, 0.15) is 28.4 Å². The third kappa shape index (κ3) is 3.47. The van der Waals surface area contributed by atoms with Gasteiger partial charge in [-0.1, -0.05) is 43.3 Å². The zero-order chi connectivity index (χ0) is 14.5. The molecular weight excluding hydrogens is 246 g/mol.